The van der Waals surface area contributed by atoms with Gasteiger partial charge >= 0.3 is 0 Å². The highest BCUT2D eigenvalue weighted by atomic mass is 14.9. The second-order valence-corrected chi connectivity index (χ2v) is 3.76. The first kappa shape index (κ1) is 8.16. The molecule has 1 aliphatic rings. The van der Waals surface area contributed by atoms with Crippen LogP contribution < -0.4 is 5.73 Å². The predicted octanol–water partition coefficient (Wildman–Crippen LogP) is 0.812. The molecule has 1 saturated carbocycles. The standard InChI is InChI=1S/C9H12N4/c1-9(2-3-9)7-5-12-6(4-13-7)8(10)11/h4-5H,2-3H2,1H3,(H3,10,11). The molecular formula is C9H12N4. The van der Waals surface area contributed by atoms with Crippen molar-refractivity contribution in [3.63, 3.8) is 0 Å². The second kappa shape index (κ2) is 2.52. The molecule has 0 unspecified atom stereocenters. The summed E-state index contributed by atoms with van der Waals surface area (Å²) in [5.74, 6) is -0.0278. The molecule has 1 aromatic rings. The maximum Gasteiger partial charge on any atom is 0.143 e. The zero-order chi connectivity index (χ0) is 9.47. The number of rotatable bonds is 2. The third-order valence-electron chi connectivity index (χ3n) is 2.55. The highest BCUT2D eigenvalue weighted by Gasteiger charge is 2.40. The van der Waals surface area contributed by atoms with E-state index < -0.39 is 0 Å². The molecule has 2 rings (SSSR count). The lowest BCUT2D eigenvalue weighted by Crippen LogP contribution is -2.15. The molecule has 0 aromatic carbocycles. The minimum atomic E-state index is -0.0278. The fourth-order valence-electron chi connectivity index (χ4n) is 1.22. The van der Waals surface area contributed by atoms with Crippen LogP contribution in [0.3, 0.4) is 0 Å². The van der Waals surface area contributed by atoms with Gasteiger partial charge in [-0.05, 0) is 12.8 Å². The molecule has 0 bridgehead atoms. The Balaban J connectivity index is 2.28. The Morgan fingerprint density at radius 3 is 2.54 bits per heavy atom. The van der Waals surface area contributed by atoms with Crippen LogP contribution in [0.1, 0.15) is 31.2 Å². The smallest absolute Gasteiger partial charge is 0.143 e. The van der Waals surface area contributed by atoms with Crippen LogP contribution in [0.15, 0.2) is 12.4 Å². The summed E-state index contributed by atoms with van der Waals surface area (Å²) >= 11 is 0. The SMILES string of the molecule is CC1(c2cnc(C(=N)N)cn2)CC1. The third-order valence-corrected chi connectivity index (χ3v) is 2.55. The van der Waals surface area contributed by atoms with Crippen LogP contribution in [0, 0.1) is 5.41 Å². The Kier molecular flexibility index (Phi) is 1.58. The van der Waals surface area contributed by atoms with Crippen molar-refractivity contribution in [1.29, 1.82) is 5.41 Å². The van der Waals surface area contributed by atoms with Crippen molar-refractivity contribution in [2.45, 2.75) is 25.2 Å². The number of nitrogen functional groups attached to an aromatic ring is 1. The lowest BCUT2D eigenvalue weighted by molar-refractivity contribution is 0.741. The van der Waals surface area contributed by atoms with Gasteiger partial charge in [0.15, 0.2) is 0 Å². The number of nitrogens with one attached hydrogen (secondary N) is 1. The highest BCUT2D eigenvalue weighted by molar-refractivity contribution is 5.92. The van der Waals surface area contributed by atoms with E-state index in [1.165, 1.54) is 12.8 Å². The lowest BCUT2D eigenvalue weighted by atomic mass is 10.1. The minimum absolute atomic E-state index is 0.0278. The topological polar surface area (TPSA) is 75.7 Å². The maximum absolute atomic E-state index is 7.15. The van der Waals surface area contributed by atoms with E-state index in [2.05, 4.69) is 16.9 Å². The summed E-state index contributed by atoms with van der Waals surface area (Å²) in [6.45, 7) is 2.17. The Labute approximate surface area is 76.7 Å². The molecule has 4 nitrogen and oxygen atoms in total. The number of hydrogen-bond donors (Lipinski definition) is 2. The fourth-order valence-corrected chi connectivity index (χ4v) is 1.22. The van der Waals surface area contributed by atoms with Crippen molar-refractivity contribution < 1.29 is 0 Å². The van der Waals surface area contributed by atoms with Gasteiger partial charge in [0.1, 0.15) is 11.5 Å². The van der Waals surface area contributed by atoms with Crippen LogP contribution in [-0.4, -0.2) is 15.8 Å². The van der Waals surface area contributed by atoms with Crippen LogP contribution in [0.2, 0.25) is 0 Å². The molecule has 1 aromatic heterocycles. The van der Waals surface area contributed by atoms with E-state index in [0.29, 0.717) is 5.69 Å². The Bertz CT molecular complexity index is 337. The van der Waals surface area contributed by atoms with Crippen molar-refractivity contribution in [3.05, 3.63) is 23.8 Å². The first-order valence-corrected chi connectivity index (χ1v) is 4.29. The molecule has 3 N–H and O–H groups in total. The van der Waals surface area contributed by atoms with Crippen molar-refractivity contribution in [2.24, 2.45) is 5.73 Å². The largest absolute Gasteiger partial charge is 0.382 e. The molecule has 1 fully saturated rings. The van der Waals surface area contributed by atoms with Crippen molar-refractivity contribution in [3.8, 4) is 0 Å². The average molecular weight is 176 g/mol. The van der Waals surface area contributed by atoms with Gasteiger partial charge in [0, 0.05) is 11.6 Å². The van der Waals surface area contributed by atoms with Gasteiger partial charge in [0.2, 0.25) is 0 Å². The van der Waals surface area contributed by atoms with Gasteiger partial charge in [-0.15, -0.1) is 0 Å². The number of hydrogen-bond acceptors (Lipinski definition) is 3. The van der Waals surface area contributed by atoms with E-state index in [4.69, 9.17) is 11.1 Å². The van der Waals surface area contributed by atoms with Gasteiger partial charge in [-0.1, -0.05) is 6.92 Å². The van der Waals surface area contributed by atoms with Crippen LogP contribution in [0.25, 0.3) is 0 Å². The molecule has 0 amide bonds. The predicted molar refractivity (Wildman–Crippen MR) is 49.6 cm³/mol. The first-order chi connectivity index (χ1) is 6.12. The summed E-state index contributed by atoms with van der Waals surface area (Å²) in [7, 11) is 0. The molecule has 1 heterocycles. The van der Waals surface area contributed by atoms with E-state index in [0.717, 1.165) is 5.69 Å². The molecule has 13 heavy (non-hydrogen) atoms. The maximum atomic E-state index is 7.15. The summed E-state index contributed by atoms with van der Waals surface area (Å²) < 4.78 is 0. The van der Waals surface area contributed by atoms with Crippen molar-refractivity contribution in [2.75, 3.05) is 0 Å². The van der Waals surface area contributed by atoms with E-state index >= 15 is 0 Å². The molecule has 4 heteroatoms. The van der Waals surface area contributed by atoms with Gasteiger partial charge in [0.05, 0.1) is 11.9 Å². The molecule has 0 radical (unpaired) electrons. The third kappa shape index (κ3) is 1.39. The molecule has 1 aliphatic carbocycles. The number of nitrogens with zero attached hydrogens (tertiary/aromatic N) is 2. The van der Waals surface area contributed by atoms with Crippen LogP contribution in [0.4, 0.5) is 0 Å². The lowest BCUT2D eigenvalue weighted by Gasteiger charge is -2.06. The van der Waals surface area contributed by atoms with Crippen LogP contribution >= 0.6 is 0 Å². The van der Waals surface area contributed by atoms with Gasteiger partial charge in [-0.3, -0.25) is 10.4 Å². The van der Waals surface area contributed by atoms with Gasteiger partial charge < -0.3 is 5.73 Å². The average Bonchev–Trinajstić information content (AvgIpc) is 2.85. The van der Waals surface area contributed by atoms with Gasteiger partial charge in [-0.2, -0.15) is 0 Å². The van der Waals surface area contributed by atoms with Gasteiger partial charge in [0.25, 0.3) is 0 Å². The van der Waals surface area contributed by atoms with Crippen LogP contribution in [0.5, 0.6) is 0 Å². The van der Waals surface area contributed by atoms with E-state index in [1.54, 1.807) is 12.4 Å². The molecular weight excluding hydrogens is 164 g/mol. The Morgan fingerprint density at radius 1 is 1.46 bits per heavy atom. The molecule has 0 saturated heterocycles. The number of aromatic nitrogens is 2. The Morgan fingerprint density at radius 2 is 2.15 bits per heavy atom. The summed E-state index contributed by atoms with van der Waals surface area (Å²) in [4.78, 5) is 8.32. The zero-order valence-electron chi connectivity index (χ0n) is 7.54. The number of nitrogens with two attached hydrogens (primary N) is 1. The van der Waals surface area contributed by atoms with Crippen molar-refractivity contribution >= 4 is 5.84 Å². The van der Waals surface area contributed by atoms with E-state index in [9.17, 15) is 0 Å². The molecule has 0 spiro atoms. The second-order valence-electron chi connectivity index (χ2n) is 3.76. The molecule has 0 atom stereocenters. The minimum Gasteiger partial charge on any atom is -0.382 e. The summed E-state index contributed by atoms with van der Waals surface area (Å²) in [6, 6.07) is 0. The van der Waals surface area contributed by atoms with Crippen LogP contribution in [-0.2, 0) is 5.41 Å². The molecule has 68 valence electrons. The Hall–Kier alpha value is -1.45. The quantitative estimate of drug-likeness (QED) is 0.517. The number of amidine groups is 1. The molecule has 0 aliphatic heterocycles. The van der Waals surface area contributed by atoms with Gasteiger partial charge in [-0.25, -0.2) is 4.98 Å². The summed E-state index contributed by atoms with van der Waals surface area (Å²) in [5.41, 5.74) is 6.97. The van der Waals surface area contributed by atoms with Crippen molar-refractivity contribution in [1.82, 2.24) is 9.97 Å². The normalized spacial score (nSPS) is 18.2. The summed E-state index contributed by atoms with van der Waals surface area (Å²) in [6.07, 6.45) is 5.66. The zero-order valence-corrected chi connectivity index (χ0v) is 7.54. The first-order valence-electron chi connectivity index (χ1n) is 4.29. The highest BCUT2D eigenvalue weighted by Crippen LogP contribution is 2.46. The van der Waals surface area contributed by atoms with E-state index in [1.807, 2.05) is 0 Å². The monoisotopic (exact) mass is 176 g/mol. The summed E-state index contributed by atoms with van der Waals surface area (Å²) in [5, 5.41) is 7.15. The van der Waals surface area contributed by atoms with E-state index in [-0.39, 0.29) is 11.3 Å². The fraction of sp³-hybridized carbons (Fsp3) is 0.444.